The normalized spacial score (nSPS) is 26.2. The molecule has 1 fully saturated rings. The number of likely N-dealkylation sites (tertiary alicyclic amines) is 1. The monoisotopic (exact) mass is 323 g/mol. The highest BCUT2D eigenvalue weighted by Crippen LogP contribution is 2.48. The quantitative estimate of drug-likeness (QED) is 0.852. The Labute approximate surface area is 142 Å². The van der Waals surface area contributed by atoms with Gasteiger partial charge in [-0.1, -0.05) is 24.3 Å². The van der Waals surface area contributed by atoms with Crippen molar-refractivity contribution in [2.75, 3.05) is 33.9 Å². The van der Waals surface area contributed by atoms with Crippen LogP contribution in [0.5, 0.6) is 11.5 Å². The third-order valence-corrected chi connectivity index (χ3v) is 5.30. The Morgan fingerprint density at radius 1 is 1.17 bits per heavy atom. The molecule has 4 rings (SSSR count). The zero-order chi connectivity index (χ0) is 16.7. The first-order valence-electron chi connectivity index (χ1n) is 8.23. The summed E-state index contributed by atoms with van der Waals surface area (Å²) < 4.78 is 11.3. The minimum atomic E-state index is -0.516. The van der Waals surface area contributed by atoms with E-state index in [0.717, 1.165) is 24.4 Å². The largest absolute Gasteiger partial charge is 0.497 e. The number of hydrogen-bond donors (Lipinski definition) is 0. The maximum Gasteiger partial charge on any atom is 0.178 e. The van der Waals surface area contributed by atoms with Gasteiger partial charge < -0.3 is 14.4 Å². The smallest absolute Gasteiger partial charge is 0.178 e. The van der Waals surface area contributed by atoms with Gasteiger partial charge in [0.05, 0.1) is 18.1 Å². The molecule has 1 saturated heterocycles. The number of carbonyl (C=O) groups excluding carboxylic acids is 1. The highest BCUT2D eigenvalue weighted by atomic mass is 16.5. The minimum Gasteiger partial charge on any atom is -0.497 e. The van der Waals surface area contributed by atoms with E-state index < -0.39 is 5.41 Å². The molecule has 0 aliphatic carbocycles. The maximum absolute atomic E-state index is 13.4. The van der Waals surface area contributed by atoms with E-state index in [-0.39, 0.29) is 11.7 Å². The molecule has 0 unspecified atom stereocenters. The van der Waals surface area contributed by atoms with Crippen LogP contribution in [0, 0.1) is 5.41 Å². The van der Waals surface area contributed by atoms with Crippen molar-refractivity contribution in [2.24, 2.45) is 5.41 Å². The van der Waals surface area contributed by atoms with E-state index in [9.17, 15) is 4.79 Å². The summed E-state index contributed by atoms with van der Waals surface area (Å²) in [6.45, 7) is 2.00. The van der Waals surface area contributed by atoms with Crippen LogP contribution < -0.4 is 9.47 Å². The number of Topliss-reactive ketones (excluding diaryl/α,β-unsaturated/α-hetero) is 1. The van der Waals surface area contributed by atoms with Gasteiger partial charge in [0, 0.05) is 19.0 Å². The number of benzene rings is 2. The van der Waals surface area contributed by atoms with Crippen molar-refractivity contribution in [3.63, 3.8) is 0 Å². The van der Waals surface area contributed by atoms with Crippen LogP contribution in [0.25, 0.3) is 0 Å². The summed E-state index contributed by atoms with van der Waals surface area (Å²) in [6.07, 6.45) is 0. The summed E-state index contributed by atoms with van der Waals surface area (Å²) in [5.41, 5.74) is 1.35. The molecule has 0 amide bonds. The van der Waals surface area contributed by atoms with Gasteiger partial charge in [-0.25, -0.2) is 0 Å². The van der Waals surface area contributed by atoms with Crippen LogP contribution in [0.1, 0.15) is 21.8 Å². The number of rotatable bonds is 2. The molecular formula is C20H21NO3. The van der Waals surface area contributed by atoms with Crippen LogP contribution in [0.4, 0.5) is 0 Å². The van der Waals surface area contributed by atoms with Crippen molar-refractivity contribution < 1.29 is 14.3 Å². The van der Waals surface area contributed by atoms with Crippen LogP contribution >= 0.6 is 0 Å². The van der Waals surface area contributed by atoms with Gasteiger partial charge in [0.25, 0.3) is 0 Å². The molecule has 0 saturated carbocycles. The topological polar surface area (TPSA) is 38.8 Å². The standard InChI is InChI=1S/C20H21NO3/c1-21-11-17(14-7-9-15(23-2)10-8-14)20(12-21)13-24-18-6-4-3-5-16(18)19(20)22/h3-10,17H,11-13H2,1-2H3/t17-,20-/m0/s1. The first kappa shape index (κ1) is 15.2. The average molecular weight is 323 g/mol. The zero-order valence-electron chi connectivity index (χ0n) is 14.0. The lowest BCUT2D eigenvalue weighted by Gasteiger charge is -2.37. The molecular weight excluding hydrogens is 302 g/mol. The molecule has 0 radical (unpaired) electrons. The van der Waals surface area contributed by atoms with Gasteiger partial charge in [-0.2, -0.15) is 0 Å². The van der Waals surface area contributed by atoms with Crippen molar-refractivity contribution >= 4 is 5.78 Å². The fourth-order valence-corrected chi connectivity index (χ4v) is 4.10. The Bertz CT molecular complexity index is 771. The molecule has 2 heterocycles. The number of fused-ring (bicyclic) bond motifs is 1. The fraction of sp³-hybridized carbons (Fsp3) is 0.350. The molecule has 0 bridgehead atoms. The van der Waals surface area contributed by atoms with Gasteiger partial charge >= 0.3 is 0 Å². The van der Waals surface area contributed by atoms with Gasteiger partial charge in [-0.05, 0) is 36.9 Å². The molecule has 124 valence electrons. The molecule has 2 aromatic rings. The summed E-state index contributed by atoms with van der Waals surface area (Å²) in [7, 11) is 3.73. The van der Waals surface area contributed by atoms with Crippen molar-refractivity contribution in [2.45, 2.75) is 5.92 Å². The third kappa shape index (κ3) is 2.21. The molecule has 0 N–H and O–H groups in total. The van der Waals surface area contributed by atoms with Crippen LogP contribution in [0.2, 0.25) is 0 Å². The Kier molecular flexibility index (Phi) is 3.57. The van der Waals surface area contributed by atoms with Crippen molar-refractivity contribution in [3.05, 3.63) is 59.7 Å². The second-order valence-corrected chi connectivity index (χ2v) is 6.79. The van der Waals surface area contributed by atoms with E-state index in [1.54, 1.807) is 7.11 Å². The number of para-hydroxylation sites is 1. The number of carbonyl (C=O) groups is 1. The number of ether oxygens (including phenoxy) is 2. The number of methoxy groups -OCH3 is 1. The van der Waals surface area contributed by atoms with Gasteiger partial charge in [-0.3, -0.25) is 4.79 Å². The molecule has 0 aromatic heterocycles. The summed E-state index contributed by atoms with van der Waals surface area (Å²) in [6, 6.07) is 15.6. The summed E-state index contributed by atoms with van der Waals surface area (Å²) in [4.78, 5) is 15.6. The van der Waals surface area contributed by atoms with Crippen molar-refractivity contribution in [1.82, 2.24) is 4.90 Å². The lowest BCUT2D eigenvalue weighted by atomic mass is 9.69. The average Bonchev–Trinajstić information content (AvgIpc) is 2.96. The van der Waals surface area contributed by atoms with Crippen LogP contribution in [0.3, 0.4) is 0 Å². The van der Waals surface area contributed by atoms with Gasteiger partial charge in [-0.15, -0.1) is 0 Å². The molecule has 2 atom stereocenters. The molecule has 2 aromatic carbocycles. The highest BCUT2D eigenvalue weighted by molar-refractivity contribution is 6.04. The molecule has 2 aliphatic heterocycles. The first-order valence-corrected chi connectivity index (χ1v) is 8.23. The second-order valence-electron chi connectivity index (χ2n) is 6.79. The molecule has 4 heteroatoms. The lowest BCUT2D eigenvalue weighted by molar-refractivity contribution is 0.0593. The summed E-state index contributed by atoms with van der Waals surface area (Å²) >= 11 is 0. The Morgan fingerprint density at radius 2 is 1.92 bits per heavy atom. The van der Waals surface area contributed by atoms with E-state index in [4.69, 9.17) is 9.47 Å². The molecule has 24 heavy (non-hydrogen) atoms. The van der Waals surface area contributed by atoms with Crippen molar-refractivity contribution in [3.8, 4) is 11.5 Å². The third-order valence-electron chi connectivity index (χ3n) is 5.30. The predicted molar refractivity (Wildman–Crippen MR) is 91.9 cm³/mol. The Balaban J connectivity index is 1.76. The Morgan fingerprint density at radius 3 is 2.67 bits per heavy atom. The van der Waals surface area contributed by atoms with Gasteiger partial charge in [0.15, 0.2) is 5.78 Å². The van der Waals surface area contributed by atoms with E-state index in [1.165, 1.54) is 0 Å². The fourth-order valence-electron chi connectivity index (χ4n) is 4.10. The number of ketones is 1. The number of likely N-dealkylation sites (N-methyl/N-ethyl adjacent to an activating group) is 1. The minimum absolute atomic E-state index is 0.120. The van der Waals surface area contributed by atoms with E-state index >= 15 is 0 Å². The molecule has 1 spiro atoms. The zero-order valence-corrected chi connectivity index (χ0v) is 14.0. The van der Waals surface area contributed by atoms with Crippen LogP contribution in [0.15, 0.2) is 48.5 Å². The lowest BCUT2D eigenvalue weighted by Crippen LogP contribution is -2.46. The van der Waals surface area contributed by atoms with E-state index in [2.05, 4.69) is 24.1 Å². The maximum atomic E-state index is 13.4. The number of hydrogen-bond acceptors (Lipinski definition) is 4. The number of nitrogens with zero attached hydrogens (tertiary/aromatic N) is 1. The van der Waals surface area contributed by atoms with E-state index in [1.807, 2.05) is 36.4 Å². The van der Waals surface area contributed by atoms with E-state index in [0.29, 0.717) is 17.9 Å². The van der Waals surface area contributed by atoms with Gasteiger partial charge in [0.1, 0.15) is 18.1 Å². The van der Waals surface area contributed by atoms with Gasteiger partial charge in [0.2, 0.25) is 0 Å². The first-order chi connectivity index (χ1) is 11.6. The summed E-state index contributed by atoms with van der Waals surface area (Å²) in [5.74, 6) is 1.86. The summed E-state index contributed by atoms with van der Waals surface area (Å²) in [5, 5.41) is 0. The van der Waals surface area contributed by atoms with Crippen LogP contribution in [-0.2, 0) is 0 Å². The van der Waals surface area contributed by atoms with Crippen molar-refractivity contribution in [1.29, 1.82) is 0 Å². The Hall–Kier alpha value is -2.33. The van der Waals surface area contributed by atoms with Crippen LogP contribution in [-0.4, -0.2) is 44.5 Å². The second kappa shape index (κ2) is 5.64. The molecule has 2 aliphatic rings. The SMILES string of the molecule is COc1ccc([C@@H]2CN(C)C[C@]23COc2ccccc2C3=O)cc1. The molecule has 4 nitrogen and oxygen atoms in total. The predicted octanol–water partition coefficient (Wildman–Crippen LogP) is 2.99. The highest BCUT2D eigenvalue weighted by Gasteiger charge is 2.54.